The van der Waals surface area contributed by atoms with E-state index in [0.717, 1.165) is 6.42 Å². The first kappa shape index (κ1) is 35.0. The van der Waals surface area contributed by atoms with Gasteiger partial charge in [-0.05, 0) is 32.1 Å². The van der Waals surface area contributed by atoms with Crippen LogP contribution in [-0.2, 0) is 10.4 Å². The molecule has 0 spiro atoms. The quantitative estimate of drug-likeness (QED) is 0.119. The Kier molecular flexibility index (Phi) is 38.8. The predicted molar refractivity (Wildman–Crippen MR) is 97.0 cm³/mol. The van der Waals surface area contributed by atoms with Crippen LogP contribution in [0.2, 0.25) is 0 Å². The second kappa shape index (κ2) is 28.8. The van der Waals surface area contributed by atoms with E-state index >= 15 is 0 Å². The van der Waals surface area contributed by atoms with Crippen molar-refractivity contribution in [3.8, 4) is 0 Å². The van der Waals surface area contributed by atoms with Gasteiger partial charge in [-0.15, -0.1) is 0 Å². The molecule has 0 fully saturated rings. The number of hydrogen-bond donors (Lipinski definition) is 1. The summed E-state index contributed by atoms with van der Waals surface area (Å²) in [6.07, 6.45) is 23.2. The Hall–Kier alpha value is 1.57. The van der Waals surface area contributed by atoms with Gasteiger partial charge in [0.05, 0.1) is 0 Å². The Morgan fingerprint density at radius 3 is 1.35 bits per heavy atom. The molecule has 0 radical (unpaired) electrons. The molecule has 0 aliphatic rings. The van der Waals surface area contributed by atoms with Crippen LogP contribution in [-0.4, -0.2) is 29.2 Å². The van der Waals surface area contributed by atoms with Crippen molar-refractivity contribution in [2.75, 3.05) is 6.61 Å². The van der Waals surface area contributed by atoms with Crippen molar-refractivity contribution in [1.82, 2.24) is 0 Å². The third-order valence-corrected chi connectivity index (χ3v) is 3.67. The second-order valence-electron chi connectivity index (χ2n) is 6.07. The third kappa shape index (κ3) is 50.0. The van der Waals surface area contributed by atoms with Crippen molar-refractivity contribution in [3.05, 3.63) is 12.2 Å². The van der Waals surface area contributed by atoms with E-state index in [1.54, 1.807) is 0 Å². The van der Waals surface area contributed by atoms with Crippen LogP contribution in [0.5, 0.6) is 0 Å². The summed E-state index contributed by atoms with van der Waals surface area (Å²) >= 11 is 0. The first-order valence-corrected chi connectivity index (χ1v) is 10.7. The maximum Gasteiger partial charge on any atom is 1.00 e. The van der Waals surface area contributed by atoms with Gasteiger partial charge in [0.1, 0.15) is 0 Å². The molecule has 0 aromatic rings. The molecule has 0 bridgehead atoms. The smallest absolute Gasteiger partial charge is 0.759 e. The normalized spacial score (nSPS) is 10.6. The molecule has 8 heteroatoms. The molecule has 0 aliphatic heterocycles. The van der Waals surface area contributed by atoms with Gasteiger partial charge in [0.25, 0.3) is 0 Å². The Labute approximate surface area is 206 Å². The molecular weight excluding hydrogens is 374 g/mol. The summed E-state index contributed by atoms with van der Waals surface area (Å²) in [4.78, 5) is 0. The molecule has 1 N–H and O–H groups in total. The molecule has 26 heavy (non-hydrogen) atoms. The average Bonchev–Trinajstić information content (AvgIpc) is 2.49. The first-order chi connectivity index (χ1) is 11.4. The number of aliphatic hydroxyl groups excluding tert-OH is 1. The molecule has 0 unspecified atom stereocenters. The van der Waals surface area contributed by atoms with E-state index in [4.69, 9.17) is 22.6 Å². The van der Waals surface area contributed by atoms with Gasteiger partial charge >= 0.3 is 59.1 Å². The molecule has 146 valence electrons. The van der Waals surface area contributed by atoms with Crippen molar-refractivity contribution >= 4 is 10.4 Å². The van der Waals surface area contributed by atoms with Crippen LogP contribution in [0.3, 0.4) is 0 Å². The van der Waals surface area contributed by atoms with Gasteiger partial charge in [0.2, 0.25) is 0 Å². The predicted octanol–water partition coefficient (Wildman–Crippen LogP) is -1.31. The summed E-state index contributed by atoms with van der Waals surface area (Å²) in [6.45, 7) is 2.64. The summed E-state index contributed by atoms with van der Waals surface area (Å²) in [5.74, 6) is 0. The van der Waals surface area contributed by atoms with Crippen molar-refractivity contribution < 1.29 is 81.7 Å². The van der Waals surface area contributed by atoms with Gasteiger partial charge in [-0.1, -0.05) is 76.9 Å². The summed E-state index contributed by atoms with van der Waals surface area (Å²) < 4.78 is 34.1. The molecule has 0 saturated heterocycles. The molecule has 0 aliphatic carbocycles. The number of rotatable bonds is 15. The molecule has 0 atom stereocenters. The van der Waals surface area contributed by atoms with E-state index < -0.39 is 10.4 Å². The van der Waals surface area contributed by atoms with Crippen LogP contribution < -0.4 is 59.1 Å². The molecule has 0 saturated carbocycles. The number of aliphatic hydroxyl groups is 1. The molecular formula is C18H36Na2O5S. The summed E-state index contributed by atoms with van der Waals surface area (Å²) in [5, 5.41) is 8.66. The van der Waals surface area contributed by atoms with E-state index in [9.17, 15) is 0 Å². The molecule has 0 rings (SSSR count). The molecule has 0 aromatic carbocycles. The maximum absolute atomic E-state index is 8.66. The average molecular weight is 411 g/mol. The van der Waals surface area contributed by atoms with E-state index in [1.165, 1.54) is 83.5 Å². The van der Waals surface area contributed by atoms with E-state index in [1.807, 2.05) is 0 Å². The fourth-order valence-corrected chi connectivity index (χ4v) is 2.36. The minimum absolute atomic E-state index is 0. The molecule has 0 amide bonds. The number of allylic oxidation sites excluding steroid dienone is 2. The van der Waals surface area contributed by atoms with Crippen LogP contribution in [0.15, 0.2) is 12.2 Å². The second-order valence-corrected chi connectivity index (χ2v) is 6.89. The topological polar surface area (TPSA) is 100 Å². The van der Waals surface area contributed by atoms with Gasteiger partial charge in [-0.25, -0.2) is 0 Å². The van der Waals surface area contributed by atoms with Gasteiger partial charge in [-0.3, -0.25) is 8.42 Å². The van der Waals surface area contributed by atoms with Crippen LogP contribution in [0.1, 0.15) is 96.8 Å². The van der Waals surface area contributed by atoms with Crippen molar-refractivity contribution in [2.45, 2.75) is 96.8 Å². The minimum atomic E-state index is -5.17. The van der Waals surface area contributed by atoms with Crippen LogP contribution >= 0.6 is 0 Å². The minimum Gasteiger partial charge on any atom is -0.759 e. The zero-order valence-electron chi connectivity index (χ0n) is 17.2. The summed E-state index contributed by atoms with van der Waals surface area (Å²) in [5.41, 5.74) is 0. The Bertz CT molecular complexity index is 355. The standard InChI is InChI=1S/C18H36O.2Na.H2O4S/c1-2-3-4-5-6-7-8-9-10-11-12-13-14-15-16-17-18-19;;;1-5(2,3)4/h9-10,19H,2-8,11-18H2,1H3;;;(H2,1,2,3,4)/q;2*+1;/p-2/b10-9-;;;. The summed E-state index contributed by atoms with van der Waals surface area (Å²) in [6, 6.07) is 0. The van der Waals surface area contributed by atoms with Crippen molar-refractivity contribution in [1.29, 1.82) is 0 Å². The van der Waals surface area contributed by atoms with E-state index in [0.29, 0.717) is 6.61 Å². The van der Waals surface area contributed by atoms with Crippen LogP contribution in [0.25, 0.3) is 0 Å². The van der Waals surface area contributed by atoms with Crippen LogP contribution in [0.4, 0.5) is 0 Å². The number of hydrogen-bond acceptors (Lipinski definition) is 5. The van der Waals surface area contributed by atoms with E-state index in [-0.39, 0.29) is 59.1 Å². The van der Waals surface area contributed by atoms with Gasteiger partial charge in [0.15, 0.2) is 0 Å². The Morgan fingerprint density at radius 2 is 1.00 bits per heavy atom. The largest absolute Gasteiger partial charge is 1.00 e. The summed E-state index contributed by atoms with van der Waals surface area (Å²) in [7, 11) is -5.17. The third-order valence-electron chi connectivity index (χ3n) is 3.67. The number of unbranched alkanes of at least 4 members (excludes halogenated alkanes) is 12. The van der Waals surface area contributed by atoms with Gasteiger partial charge in [-0.2, -0.15) is 0 Å². The fraction of sp³-hybridized carbons (Fsp3) is 0.889. The maximum atomic E-state index is 8.66. The fourth-order valence-electron chi connectivity index (χ4n) is 2.36. The zero-order chi connectivity index (χ0) is 18.5. The SMILES string of the molecule is CCCCCCCC/C=C\CCCCCCCCO.O=S(=O)([O-])[O-].[Na+].[Na+]. The molecule has 0 aromatic heterocycles. The van der Waals surface area contributed by atoms with E-state index in [2.05, 4.69) is 19.1 Å². The van der Waals surface area contributed by atoms with Crippen molar-refractivity contribution in [3.63, 3.8) is 0 Å². The van der Waals surface area contributed by atoms with Gasteiger partial charge < -0.3 is 14.2 Å². The first-order valence-electron chi connectivity index (χ1n) is 9.34. The Morgan fingerprint density at radius 1 is 0.692 bits per heavy atom. The Balaban J connectivity index is -0.000000304. The van der Waals surface area contributed by atoms with Gasteiger partial charge in [0, 0.05) is 17.0 Å². The molecule has 0 heterocycles. The van der Waals surface area contributed by atoms with Crippen molar-refractivity contribution in [2.24, 2.45) is 0 Å². The zero-order valence-corrected chi connectivity index (χ0v) is 22.1. The molecule has 5 nitrogen and oxygen atoms in total. The monoisotopic (exact) mass is 410 g/mol. The van der Waals surface area contributed by atoms with Crippen LogP contribution in [0, 0.1) is 0 Å².